The van der Waals surface area contributed by atoms with Crippen molar-refractivity contribution in [3.63, 3.8) is 0 Å². The van der Waals surface area contributed by atoms with Gasteiger partial charge in [-0.05, 0) is 17.9 Å². The van der Waals surface area contributed by atoms with Gasteiger partial charge in [0.25, 0.3) is 0 Å². The number of methoxy groups -OCH3 is 1. The number of nitrogens with zero attached hydrogens (tertiary/aromatic N) is 3. The molecule has 0 aliphatic carbocycles. The molecule has 1 heterocycles. The summed E-state index contributed by atoms with van der Waals surface area (Å²) in [5.74, 6) is 0.186. The fraction of sp³-hybridized carbons (Fsp3) is 1.00. The maximum Gasteiger partial charge on any atom is 0.109 e. The van der Waals surface area contributed by atoms with Gasteiger partial charge in [-0.1, -0.05) is 5.11 Å². The third-order valence-corrected chi connectivity index (χ3v) is 2.12. The molecule has 13 heavy (non-hydrogen) atoms. The van der Waals surface area contributed by atoms with E-state index in [1.807, 2.05) is 0 Å². The Morgan fingerprint density at radius 2 is 2.54 bits per heavy atom. The normalized spacial score (nSPS) is 32.8. The van der Waals surface area contributed by atoms with Crippen molar-refractivity contribution >= 4 is 7.85 Å². The molecule has 0 saturated carbocycles. The van der Waals surface area contributed by atoms with Crippen LogP contribution in [-0.4, -0.2) is 40.2 Å². The van der Waals surface area contributed by atoms with Crippen molar-refractivity contribution in [1.29, 1.82) is 0 Å². The van der Waals surface area contributed by atoms with E-state index in [1.54, 1.807) is 7.11 Å². The standard InChI is InChI=1S/C7H12BN3O2/c1-12-4-6-5(3-10-11-9)2-7(8)13-6/h5-7H,2-4H2,1H3/t5-,6+,7+/m0/s1. The molecular formula is C7H12BN3O2. The average molecular weight is 181 g/mol. The second-order valence-corrected chi connectivity index (χ2v) is 3.08. The number of ether oxygens (including phenoxy) is 2. The summed E-state index contributed by atoms with van der Waals surface area (Å²) in [5.41, 5.74) is 8.16. The fourth-order valence-electron chi connectivity index (χ4n) is 1.51. The Kier molecular flexibility index (Phi) is 4.08. The van der Waals surface area contributed by atoms with Gasteiger partial charge in [0, 0.05) is 24.6 Å². The lowest BCUT2D eigenvalue weighted by Crippen LogP contribution is -2.23. The van der Waals surface area contributed by atoms with Crippen molar-refractivity contribution in [2.75, 3.05) is 20.3 Å². The SMILES string of the molecule is [B][C@H]1C[C@@H](CN=[N+]=[N-])[C@@H](COC)O1. The summed E-state index contributed by atoms with van der Waals surface area (Å²) >= 11 is 0. The topological polar surface area (TPSA) is 67.2 Å². The minimum Gasteiger partial charge on any atom is -0.382 e. The summed E-state index contributed by atoms with van der Waals surface area (Å²) in [4.78, 5) is 2.71. The fourth-order valence-corrected chi connectivity index (χ4v) is 1.51. The van der Waals surface area contributed by atoms with Crippen molar-refractivity contribution in [3.8, 4) is 0 Å². The Morgan fingerprint density at radius 3 is 3.15 bits per heavy atom. The first-order valence-corrected chi connectivity index (χ1v) is 4.18. The minimum atomic E-state index is -0.251. The molecule has 0 unspecified atom stereocenters. The summed E-state index contributed by atoms with van der Waals surface area (Å²) < 4.78 is 10.3. The van der Waals surface area contributed by atoms with Crippen molar-refractivity contribution in [2.45, 2.75) is 18.5 Å². The van der Waals surface area contributed by atoms with Gasteiger partial charge in [0.2, 0.25) is 0 Å². The van der Waals surface area contributed by atoms with E-state index in [-0.39, 0.29) is 18.0 Å². The molecule has 6 heteroatoms. The van der Waals surface area contributed by atoms with Crippen LogP contribution in [0.15, 0.2) is 5.11 Å². The Morgan fingerprint density at radius 1 is 1.77 bits per heavy atom. The van der Waals surface area contributed by atoms with E-state index in [2.05, 4.69) is 10.0 Å². The summed E-state index contributed by atoms with van der Waals surface area (Å²) in [6.45, 7) is 0.928. The highest BCUT2D eigenvalue weighted by Crippen LogP contribution is 2.25. The van der Waals surface area contributed by atoms with E-state index in [0.717, 1.165) is 6.42 Å². The largest absolute Gasteiger partial charge is 0.382 e. The molecule has 0 aromatic carbocycles. The van der Waals surface area contributed by atoms with Gasteiger partial charge in [0.1, 0.15) is 7.85 Å². The van der Waals surface area contributed by atoms with Crippen LogP contribution in [0.3, 0.4) is 0 Å². The lowest BCUT2D eigenvalue weighted by molar-refractivity contribution is 0.0108. The quantitative estimate of drug-likeness (QED) is 0.279. The zero-order valence-electron chi connectivity index (χ0n) is 7.59. The molecule has 0 bridgehead atoms. The first-order valence-electron chi connectivity index (χ1n) is 4.18. The van der Waals surface area contributed by atoms with E-state index < -0.39 is 0 Å². The Balaban J connectivity index is 2.44. The van der Waals surface area contributed by atoms with Gasteiger partial charge < -0.3 is 9.47 Å². The molecule has 2 radical (unpaired) electrons. The molecule has 0 amide bonds. The Labute approximate surface area is 78.4 Å². The summed E-state index contributed by atoms with van der Waals surface area (Å²) in [7, 11) is 7.21. The zero-order valence-corrected chi connectivity index (χ0v) is 7.59. The minimum absolute atomic E-state index is 0.0366. The molecule has 1 saturated heterocycles. The first kappa shape index (κ1) is 10.4. The van der Waals surface area contributed by atoms with E-state index in [0.29, 0.717) is 13.2 Å². The molecule has 70 valence electrons. The number of hydrogen-bond acceptors (Lipinski definition) is 3. The maximum atomic E-state index is 8.16. The third-order valence-electron chi connectivity index (χ3n) is 2.12. The molecule has 0 N–H and O–H groups in total. The number of azide groups is 1. The molecule has 5 nitrogen and oxygen atoms in total. The van der Waals surface area contributed by atoms with Gasteiger partial charge in [-0.25, -0.2) is 0 Å². The van der Waals surface area contributed by atoms with Crippen LogP contribution in [0.2, 0.25) is 0 Å². The van der Waals surface area contributed by atoms with Crippen LogP contribution in [0.1, 0.15) is 6.42 Å². The zero-order chi connectivity index (χ0) is 9.68. The molecule has 3 atom stereocenters. The molecule has 0 aromatic heterocycles. The van der Waals surface area contributed by atoms with Crippen LogP contribution in [0.5, 0.6) is 0 Å². The van der Waals surface area contributed by atoms with Gasteiger partial charge in [0.05, 0.1) is 12.7 Å². The van der Waals surface area contributed by atoms with Crippen LogP contribution in [-0.2, 0) is 9.47 Å². The first-order chi connectivity index (χ1) is 6.27. The van der Waals surface area contributed by atoms with Crippen molar-refractivity contribution in [2.24, 2.45) is 11.0 Å². The van der Waals surface area contributed by atoms with Gasteiger partial charge in [0.15, 0.2) is 0 Å². The van der Waals surface area contributed by atoms with Crippen molar-refractivity contribution < 1.29 is 9.47 Å². The summed E-state index contributed by atoms with van der Waals surface area (Å²) in [6.07, 6.45) is 0.693. The van der Waals surface area contributed by atoms with Gasteiger partial charge in [-0.2, -0.15) is 0 Å². The highest BCUT2D eigenvalue weighted by Gasteiger charge is 2.31. The van der Waals surface area contributed by atoms with Crippen molar-refractivity contribution in [3.05, 3.63) is 10.4 Å². The van der Waals surface area contributed by atoms with Crippen LogP contribution in [0.25, 0.3) is 10.4 Å². The molecule has 1 rings (SSSR count). The second kappa shape index (κ2) is 5.12. The van der Waals surface area contributed by atoms with Gasteiger partial charge in [-0.3, -0.25) is 0 Å². The lowest BCUT2D eigenvalue weighted by Gasteiger charge is -2.15. The summed E-state index contributed by atoms with van der Waals surface area (Å²) in [6, 6.07) is -0.251. The highest BCUT2D eigenvalue weighted by atomic mass is 16.5. The van der Waals surface area contributed by atoms with Crippen LogP contribution < -0.4 is 0 Å². The van der Waals surface area contributed by atoms with E-state index in [9.17, 15) is 0 Å². The van der Waals surface area contributed by atoms with Gasteiger partial charge in [-0.15, -0.1) is 0 Å². The predicted molar refractivity (Wildman–Crippen MR) is 48.4 cm³/mol. The molecule has 0 aromatic rings. The summed E-state index contributed by atoms with van der Waals surface area (Å²) in [5, 5.41) is 3.51. The highest BCUT2D eigenvalue weighted by molar-refractivity contribution is 6.11. The van der Waals surface area contributed by atoms with E-state index >= 15 is 0 Å². The second-order valence-electron chi connectivity index (χ2n) is 3.08. The Hall–Kier alpha value is -0.705. The van der Waals surface area contributed by atoms with Crippen molar-refractivity contribution in [1.82, 2.24) is 0 Å². The number of hydrogen-bond donors (Lipinski definition) is 0. The molecule has 0 spiro atoms. The average Bonchev–Trinajstić information content (AvgIpc) is 2.44. The lowest BCUT2D eigenvalue weighted by atomic mass is 9.91. The number of rotatable bonds is 4. The van der Waals surface area contributed by atoms with Crippen LogP contribution in [0.4, 0.5) is 0 Å². The van der Waals surface area contributed by atoms with Crippen LogP contribution >= 0.6 is 0 Å². The van der Waals surface area contributed by atoms with E-state index in [1.165, 1.54) is 0 Å². The smallest absolute Gasteiger partial charge is 0.109 e. The van der Waals surface area contributed by atoms with E-state index in [4.69, 9.17) is 22.9 Å². The predicted octanol–water partition coefficient (Wildman–Crippen LogP) is 0.843. The molecular weight excluding hydrogens is 169 g/mol. The van der Waals surface area contributed by atoms with Gasteiger partial charge >= 0.3 is 0 Å². The third kappa shape index (κ3) is 2.92. The van der Waals surface area contributed by atoms with Crippen LogP contribution in [0, 0.1) is 5.92 Å². The molecule has 1 fully saturated rings. The molecule has 1 aliphatic rings. The Bertz CT molecular complexity index is 208. The molecule has 1 aliphatic heterocycles. The maximum absolute atomic E-state index is 8.16. The monoisotopic (exact) mass is 181 g/mol.